The molecule has 0 unspecified atom stereocenters. The number of hydrogen-bond acceptors (Lipinski definition) is 3. The standard InChI is InChI=1S/C14H16N2O2/c1-2-18-14(17)12-5-3-4-6-13(12)16-10-11-7-8-15-9-11/h3-9,15-16H,2,10H2,1H3. The lowest BCUT2D eigenvalue weighted by molar-refractivity contribution is 0.0527. The number of rotatable bonds is 5. The highest BCUT2D eigenvalue weighted by atomic mass is 16.5. The van der Waals surface area contributed by atoms with Crippen LogP contribution in [-0.4, -0.2) is 17.6 Å². The van der Waals surface area contributed by atoms with Gasteiger partial charge in [0.25, 0.3) is 0 Å². The highest BCUT2D eigenvalue weighted by Gasteiger charge is 2.11. The summed E-state index contributed by atoms with van der Waals surface area (Å²) in [6.45, 7) is 2.85. The average molecular weight is 244 g/mol. The molecule has 0 atom stereocenters. The van der Waals surface area contributed by atoms with E-state index in [9.17, 15) is 4.79 Å². The van der Waals surface area contributed by atoms with E-state index in [2.05, 4.69) is 10.3 Å². The molecule has 1 aromatic carbocycles. The summed E-state index contributed by atoms with van der Waals surface area (Å²) in [5.41, 5.74) is 2.49. The van der Waals surface area contributed by atoms with Gasteiger partial charge in [0, 0.05) is 24.6 Å². The molecule has 0 radical (unpaired) electrons. The van der Waals surface area contributed by atoms with Crippen LogP contribution in [0.25, 0.3) is 0 Å². The van der Waals surface area contributed by atoms with Crippen molar-refractivity contribution in [1.29, 1.82) is 0 Å². The zero-order valence-corrected chi connectivity index (χ0v) is 10.3. The smallest absolute Gasteiger partial charge is 0.340 e. The Kier molecular flexibility index (Phi) is 4.02. The van der Waals surface area contributed by atoms with Crippen molar-refractivity contribution in [2.75, 3.05) is 11.9 Å². The van der Waals surface area contributed by atoms with Crippen molar-refractivity contribution in [2.45, 2.75) is 13.5 Å². The third-order valence-corrected chi connectivity index (χ3v) is 2.57. The number of nitrogens with one attached hydrogen (secondary N) is 2. The van der Waals surface area contributed by atoms with E-state index < -0.39 is 0 Å². The molecule has 2 N–H and O–H groups in total. The fourth-order valence-electron chi connectivity index (χ4n) is 1.69. The van der Waals surface area contributed by atoms with Crippen molar-refractivity contribution in [1.82, 2.24) is 4.98 Å². The van der Waals surface area contributed by atoms with Crippen LogP contribution in [0.1, 0.15) is 22.8 Å². The zero-order valence-electron chi connectivity index (χ0n) is 10.3. The number of aromatic amines is 1. The Bertz CT molecular complexity index is 506. The minimum atomic E-state index is -0.297. The molecule has 0 fully saturated rings. The SMILES string of the molecule is CCOC(=O)c1ccccc1NCc1cc[nH]c1. The molecule has 2 rings (SSSR count). The van der Waals surface area contributed by atoms with Gasteiger partial charge in [0.1, 0.15) is 0 Å². The zero-order chi connectivity index (χ0) is 12.8. The summed E-state index contributed by atoms with van der Waals surface area (Å²) < 4.78 is 5.02. The van der Waals surface area contributed by atoms with Crippen molar-refractivity contribution in [3.8, 4) is 0 Å². The number of para-hydroxylation sites is 1. The van der Waals surface area contributed by atoms with E-state index in [0.29, 0.717) is 18.7 Å². The summed E-state index contributed by atoms with van der Waals surface area (Å²) in [7, 11) is 0. The quantitative estimate of drug-likeness (QED) is 0.795. The first-order valence-electron chi connectivity index (χ1n) is 5.93. The van der Waals surface area contributed by atoms with Crippen LogP contribution in [0.3, 0.4) is 0 Å². The summed E-state index contributed by atoms with van der Waals surface area (Å²) in [6, 6.07) is 9.34. The molecule has 18 heavy (non-hydrogen) atoms. The third kappa shape index (κ3) is 2.91. The highest BCUT2D eigenvalue weighted by molar-refractivity contribution is 5.95. The van der Waals surface area contributed by atoms with Gasteiger partial charge in [-0.25, -0.2) is 4.79 Å². The van der Waals surface area contributed by atoms with Crippen LogP contribution in [0.15, 0.2) is 42.7 Å². The van der Waals surface area contributed by atoms with Crippen LogP contribution in [0.4, 0.5) is 5.69 Å². The fourth-order valence-corrected chi connectivity index (χ4v) is 1.69. The monoisotopic (exact) mass is 244 g/mol. The Balaban J connectivity index is 2.09. The van der Waals surface area contributed by atoms with Crippen LogP contribution in [0, 0.1) is 0 Å². The number of esters is 1. The van der Waals surface area contributed by atoms with Gasteiger partial charge in [0.15, 0.2) is 0 Å². The van der Waals surface area contributed by atoms with Gasteiger partial charge in [-0.1, -0.05) is 12.1 Å². The van der Waals surface area contributed by atoms with E-state index in [1.54, 1.807) is 13.0 Å². The Labute approximate surface area is 106 Å². The normalized spacial score (nSPS) is 10.1. The van der Waals surface area contributed by atoms with Gasteiger partial charge in [-0.05, 0) is 30.7 Å². The van der Waals surface area contributed by atoms with E-state index in [1.165, 1.54) is 0 Å². The Morgan fingerprint density at radius 2 is 2.17 bits per heavy atom. The molecule has 0 amide bonds. The van der Waals surface area contributed by atoms with Crippen molar-refractivity contribution in [3.05, 3.63) is 53.9 Å². The van der Waals surface area contributed by atoms with Gasteiger partial charge >= 0.3 is 5.97 Å². The second kappa shape index (κ2) is 5.91. The molecule has 0 saturated carbocycles. The number of H-pyrrole nitrogens is 1. The van der Waals surface area contributed by atoms with E-state index in [0.717, 1.165) is 11.3 Å². The lowest BCUT2D eigenvalue weighted by Crippen LogP contribution is -2.09. The Morgan fingerprint density at radius 3 is 2.89 bits per heavy atom. The molecule has 0 aliphatic rings. The second-order valence-corrected chi connectivity index (χ2v) is 3.84. The van der Waals surface area contributed by atoms with Gasteiger partial charge in [-0.3, -0.25) is 0 Å². The topological polar surface area (TPSA) is 54.1 Å². The Morgan fingerprint density at radius 1 is 1.33 bits per heavy atom. The lowest BCUT2D eigenvalue weighted by Gasteiger charge is -2.10. The molecule has 4 heteroatoms. The van der Waals surface area contributed by atoms with E-state index in [4.69, 9.17) is 4.74 Å². The first-order chi connectivity index (χ1) is 8.81. The van der Waals surface area contributed by atoms with Crippen molar-refractivity contribution in [2.24, 2.45) is 0 Å². The van der Waals surface area contributed by atoms with E-state index in [-0.39, 0.29) is 5.97 Å². The van der Waals surface area contributed by atoms with Gasteiger partial charge in [-0.15, -0.1) is 0 Å². The first-order valence-corrected chi connectivity index (χ1v) is 5.93. The fraction of sp³-hybridized carbons (Fsp3) is 0.214. The van der Waals surface area contributed by atoms with Crippen LogP contribution in [0.5, 0.6) is 0 Å². The largest absolute Gasteiger partial charge is 0.462 e. The molecule has 0 bridgehead atoms. The summed E-state index contributed by atoms with van der Waals surface area (Å²) in [5.74, 6) is -0.297. The number of anilines is 1. The Hall–Kier alpha value is -2.23. The van der Waals surface area contributed by atoms with Gasteiger partial charge in [0.2, 0.25) is 0 Å². The van der Waals surface area contributed by atoms with Gasteiger partial charge in [-0.2, -0.15) is 0 Å². The molecule has 0 saturated heterocycles. The minimum absolute atomic E-state index is 0.297. The van der Waals surface area contributed by atoms with Crippen molar-refractivity contribution < 1.29 is 9.53 Å². The molecule has 1 heterocycles. The summed E-state index contributed by atoms with van der Waals surface area (Å²) in [6.07, 6.45) is 3.79. The van der Waals surface area contributed by atoms with Crippen molar-refractivity contribution >= 4 is 11.7 Å². The molecule has 4 nitrogen and oxygen atoms in total. The maximum Gasteiger partial charge on any atom is 0.340 e. The van der Waals surface area contributed by atoms with E-state index in [1.807, 2.05) is 36.7 Å². The molecular weight excluding hydrogens is 228 g/mol. The summed E-state index contributed by atoms with van der Waals surface area (Å²) in [4.78, 5) is 14.8. The van der Waals surface area contributed by atoms with Gasteiger partial charge in [0.05, 0.1) is 12.2 Å². The summed E-state index contributed by atoms with van der Waals surface area (Å²) >= 11 is 0. The predicted molar refractivity (Wildman–Crippen MR) is 70.5 cm³/mol. The number of benzene rings is 1. The highest BCUT2D eigenvalue weighted by Crippen LogP contribution is 2.17. The molecular formula is C14H16N2O2. The maximum atomic E-state index is 11.8. The second-order valence-electron chi connectivity index (χ2n) is 3.84. The average Bonchev–Trinajstić information content (AvgIpc) is 2.90. The molecule has 1 aromatic heterocycles. The first kappa shape index (κ1) is 12.2. The van der Waals surface area contributed by atoms with Crippen LogP contribution in [0.2, 0.25) is 0 Å². The molecule has 94 valence electrons. The minimum Gasteiger partial charge on any atom is -0.462 e. The predicted octanol–water partition coefficient (Wildman–Crippen LogP) is 2.80. The summed E-state index contributed by atoms with van der Waals surface area (Å²) in [5, 5.41) is 3.23. The number of aromatic nitrogens is 1. The van der Waals surface area contributed by atoms with Crippen LogP contribution in [-0.2, 0) is 11.3 Å². The number of ether oxygens (including phenoxy) is 1. The maximum absolute atomic E-state index is 11.8. The molecule has 0 aliphatic heterocycles. The van der Waals surface area contributed by atoms with Crippen LogP contribution < -0.4 is 5.32 Å². The third-order valence-electron chi connectivity index (χ3n) is 2.57. The molecule has 2 aromatic rings. The van der Waals surface area contributed by atoms with Crippen LogP contribution >= 0.6 is 0 Å². The molecule has 0 aliphatic carbocycles. The van der Waals surface area contributed by atoms with Crippen molar-refractivity contribution in [3.63, 3.8) is 0 Å². The number of carbonyl (C=O) groups excluding carboxylic acids is 1. The van der Waals surface area contributed by atoms with E-state index >= 15 is 0 Å². The van der Waals surface area contributed by atoms with Gasteiger partial charge < -0.3 is 15.0 Å². The number of hydrogen-bond donors (Lipinski definition) is 2. The lowest BCUT2D eigenvalue weighted by atomic mass is 10.1. The molecule has 0 spiro atoms. The number of carbonyl (C=O) groups is 1.